The lowest BCUT2D eigenvalue weighted by atomic mass is 10.1. The standard InChI is InChI=1S/C20H23NO6/c1-6-26-20(24)16-11(2)17(21-12(16)3)18(22)13(4)27-19(23)14-9-7-8-10-15(14)25-5/h7-10,13,21H,6H2,1-5H3/t13-/m1/s1. The maximum atomic E-state index is 12.7. The molecule has 2 rings (SSSR count). The van der Waals surface area contributed by atoms with E-state index in [1.165, 1.54) is 14.0 Å². The Morgan fingerprint density at radius 3 is 2.41 bits per heavy atom. The van der Waals surface area contributed by atoms with Gasteiger partial charge in [0.05, 0.1) is 25.0 Å². The Bertz CT molecular complexity index is 867. The van der Waals surface area contributed by atoms with Crippen molar-refractivity contribution in [3.05, 3.63) is 52.3 Å². The molecule has 1 heterocycles. The Balaban J connectivity index is 2.22. The van der Waals surface area contributed by atoms with Crippen molar-refractivity contribution in [2.24, 2.45) is 0 Å². The van der Waals surface area contributed by atoms with Crippen LogP contribution in [0.1, 0.15) is 56.3 Å². The average molecular weight is 373 g/mol. The molecule has 0 aliphatic carbocycles. The Labute approximate surface area is 157 Å². The molecule has 1 atom stereocenters. The highest BCUT2D eigenvalue weighted by Gasteiger charge is 2.28. The summed E-state index contributed by atoms with van der Waals surface area (Å²) in [4.78, 5) is 40.1. The van der Waals surface area contributed by atoms with Crippen LogP contribution in [-0.4, -0.2) is 42.5 Å². The van der Waals surface area contributed by atoms with E-state index in [-0.39, 0.29) is 17.9 Å². The molecule has 0 bridgehead atoms. The Hall–Kier alpha value is -3.09. The van der Waals surface area contributed by atoms with Gasteiger partial charge < -0.3 is 19.2 Å². The quantitative estimate of drug-likeness (QED) is 0.591. The van der Waals surface area contributed by atoms with Crippen molar-refractivity contribution in [2.45, 2.75) is 33.8 Å². The predicted octanol–water partition coefficient (Wildman–Crippen LogP) is 3.25. The summed E-state index contributed by atoms with van der Waals surface area (Å²) in [7, 11) is 1.45. The first-order chi connectivity index (χ1) is 12.8. The van der Waals surface area contributed by atoms with E-state index >= 15 is 0 Å². The summed E-state index contributed by atoms with van der Waals surface area (Å²) in [6.07, 6.45) is -1.05. The molecule has 2 aromatic rings. The van der Waals surface area contributed by atoms with Crippen molar-refractivity contribution in [3.8, 4) is 5.75 Å². The van der Waals surface area contributed by atoms with Gasteiger partial charge in [-0.3, -0.25) is 4.79 Å². The SMILES string of the molecule is CCOC(=O)c1c(C)[nH]c(C(=O)[C@@H](C)OC(=O)c2ccccc2OC)c1C. The van der Waals surface area contributed by atoms with Gasteiger partial charge in [-0.1, -0.05) is 12.1 Å². The van der Waals surface area contributed by atoms with E-state index < -0.39 is 23.8 Å². The Morgan fingerprint density at radius 1 is 1.11 bits per heavy atom. The van der Waals surface area contributed by atoms with E-state index in [0.29, 0.717) is 22.6 Å². The third kappa shape index (κ3) is 4.19. The van der Waals surface area contributed by atoms with Crippen LogP contribution >= 0.6 is 0 Å². The van der Waals surface area contributed by atoms with Crippen molar-refractivity contribution in [1.82, 2.24) is 4.98 Å². The van der Waals surface area contributed by atoms with Gasteiger partial charge in [-0.2, -0.15) is 0 Å². The van der Waals surface area contributed by atoms with E-state index in [1.807, 2.05) is 0 Å². The summed E-state index contributed by atoms with van der Waals surface area (Å²) in [5.74, 6) is -1.24. The number of hydrogen-bond acceptors (Lipinski definition) is 6. The van der Waals surface area contributed by atoms with Gasteiger partial charge in [0.25, 0.3) is 0 Å². The van der Waals surface area contributed by atoms with Crippen molar-refractivity contribution in [3.63, 3.8) is 0 Å². The number of hydrogen-bond donors (Lipinski definition) is 1. The lowest BCUT2D eigenvalue weighted by Crippen LogP contribution is -2.25. The fourth-order valence-corrected chi connectivity index (χ4v) is 2.80. The van der Waals surface area contributed by atoms with E-state index in [9.17, 15) is 14.4 Å². The number of carbonyl (C=O) groups excluding carboxylic acids is 3. The minimum atomic E-state index is -1.05. The van der Waals surface area contributed by atoms with Crippen LogP contribution in [0.2, 0.25) is 0 Å². The molecule has 0 amide bonds. The highest BCUT2D eigenvalue weighted by atomic mass is 16.5. The van der Waals surface area contributed by atoms with Gasteiger partial charge in [0.15, 0.2) is 6.10 Å². The van der Waals surface area contributed by atoms with Crippen molar-refractivity contribution in [1.29, 1.82) is 0 Å². The smallest absolute Gasteiger partial charge is 0.342 e. The normalized spacial score (nSPS) is 11.6. The number of Topliss-reactive ketones (excluding diaryl/α,β-unsaturated/α-hetero) is 1. The number of H-pyrrole nitrogens is 1. The minimum Gasteiger partial charge on any atom is -0.496 e. The summed E-state index contributed by atoms with van der Waals surface area (Å²) in [6, 6.07) is 6.59. The lowest BCUT2D eigenvalue weighted by Gasteiger charge is -2.13. The first-order valence-corrected chi connectivity index (χ1v) is 8.56. The van der Waals surface area contributed by atoms with Gasteiger partial charge >= 0.3 is 11.9 Å². The zero-order valence-corrected chi connectivity index (χ0v) is 16.0. The Morgan fingerprint density at radius 2 is 1.78 bits per heavy atom. The molecule has 27 heavy (non-hydrogen) atoms. The molecular weight excluding hydrogens is 350 g/mol. The molecule has 1 aromatic carbocycles. The number of methoxy groups -OCH3 is 1. The number of aromatic nitrogens is 1. The highest BCUT2D eigenvalue weighted by Crippen LogP contribution is 2.23. The highest BCUT2D eigenvalue weighted by molar-refractivity contribution is 6.04. The molecule has 7 heteroatoms. The van der Waals surface area contributed by atoms with Crippen LogP contribution in [0.15, 0.2) is 24.3 Å². The lowest BCUT2D eigenvalue weighted by molar-refractivity contribution is 0.0313. The van der Waals surface area contributed by atoms with Gasteiger partial charge in [-0.05, 0) is 45.4 Å². The summed E-state index contributed by atoms with van der Waals surface area (Å²) < 4.78 is 15.5. The third-order valence-electron chi connectivity index (χ3n) is 4.14. The Kier molecular flexibility index (Phi) is 6.39. The second kappa shape index (κ2) is 8.53. The van der Waals surface area contributed by atoms with E-state index in [1.54, 1.807) is 45.0 Å². The maximum Gasteiger partial charge on any atom is 0.342 e. The molecule has 0 saturated carbocycles. The molecule has 0 saturated heterocycles. The molecule has 0 fully saturated rings. The molecular formula is C20H23NO6. The van der Waals surface area contributed by atoms with Crippen molar-refractivity contribution in [2.75, 3.05) is 13.7 Å². The first-order valence-electron chi connectivity index (χ1n) is 8.56. The number of rotatable bonds is 7. The summed E-state index contributed by atoms with van der Waals surface area (Å²) in [5, 5.41) is 0. The van der Waals surface area contributed by atoms with E-state index in [4.69, 9.17) is 14.2 Å². The van der Waals surface area contributed by atoms with Gasteiger partial charge in [0.2, 0.25) is 5.78 Å². The summed E-state index contributed by atoms with van der Waals surface area (Å²) in [6.45, 7) is 6.76. The maximum absolute atomic E-state index is 12.7. The van der Waals surface area contributed by atoms with E-state index in [0.717, 1.165) is 0 Å². The predicted molar refractivity (Wildman–Crippen MR) is 98.4 cm³/mol. The third-order valence-corrected chi connectivity index (χ3v) is 4.14. The zero-order chi connectivity index (χ0) is 20.1. The van der Waals surface area contributed by atoms with Crippen LogP contribution in [0.5, 0.6) is 5.75 Å². The van der Waals surface area contributed by atoms with Crippen LogP contribution in [0.4, 0.5) is 0 Å². The molecule has 7 nitrogen and oxygen atoms in total. The molecule has 1 N–H and O–H groups in total. The number of carbonyl (C=O) groups is 3. The molecule has 1 aromatic heterocycles. The van der Waals surface area contributed by atoms with Crippen LogP contribution < -0.4 is 4.74 Å². The van der Waals surface area contributed by atoms with Gasteiger partial charge in [0.1, 0.15) is 11.3 Å². The zero-order valence-electron chi connectivity index (χ0n) is 16.0. The van der Waals surface area contributed by atoms with Crippen LogP contribution in [0, 0.1) is 13.8 Å². The van der Waals surface area contributed by atoms with Gasteiger partial charge in [0, 0.05) is 5.69 Å². The van der Waals surface area contributed by atoms with Gasteiger partial charge in [-0.15, -0.1) is 0 Å². The fraction of sp³-hybridized carbons (Fsp3) is 0.350. The topological polar surface area (TPSA) is 94.7 Å². The van der Waals surface area contributed by atoms with Crippen molar-refractivity contribution < 1.29 is 28.6 Å². The molecule has 0 radical (unpaired) electrons. The second-order valence-corrected chi connectivity index (χ2v) is 5.96. The molecule has 144 valence electrons. The monoisotopic (exact) mass is 373 g/mol. The fourth-order valence-electron chi connectivity index (χ4n) is 2.80. The number of nitrogens with one attached hydrogen (secondary N) is 1. The number of aryl methyl sites for hydroxylation is 1. The summed E-state index contributed by atoms with van der Waals surface area (Å²) in [5.41, 5.74) is 1.76. The molecule has 0 spiro atoms. The van der Waals surface area contributed by atoms with Gasteiger partial charge in [-0.25, -0.2) is 9.59 Å². The molecule has 0 aliphatic heterocycles. The number of esters is 2. The van der Waals surface area contributed by atoms with E-state index in [2.05, 4.69) is 4.98 Å². The molecule has 0 unspecified atom stereocenters. The van der Waals surface area contributed by atoms with Crippen LogP contribution in [0.25, 0.3) is 0 Å². The second-order valence-electron chi connectivity index (χ2n) is 5.96. The number of para-hydroxylation sites is 1. The molecule has 0 aliphatic rings. The number of benzene rings is 1. The number of ether oxygens (including phenoxy) is 3. The minimum absolute atomic E-state index is 0.218. The summed E-state index contributed by atoms with van der Waals surface area (Å²) >= 11 is 0. The number of ketones is 1. The average Bonchev–Trinajstić information content (AvgIpc) is 2.95. The van der Waals surface area contributed by atoms with Crippen LogP contribution in [-0.2, 0) is 9.47 Å². The first kappa shape index (κ1) is 20.2. The largest absolute Gasteiger partial charge is 0.496 e. The van der Waals surface area contributed by atoms with Crippen molar-refractivity contribution >= 4 is 17.7 Å². The number of aromatic amines is 1. The van der Waals surface area contributed by atoms with Crippen LogP contribution in [0.3, 0.4) is 0 Å².